The molecule has 0 atom stereocenters. The van der Waals surface area contributed by atoms with Gasteiger partial charge in [-0.2, -0.15) is 0 Å². The fourth-order valence-corrected chi connectivity index (χ4v) is 1.51. The summed E-state index contributed by atoms with van der Waals surface area (Å²) in [5, 5.41) is 0. The minimum atomic E-state index is 0.267. The highest BCUT2D eigenvalue weighted by atomic mass is 16.1. The number of Topliss-reactive ketones (excluding diaryl/α,β-unsaturated/α-hetero) is 1. The van der Waals surface area contributed by atoms with Gasteiger partial charge in [0, 0.05) is 12.8 Å². The number of hydrogen-bond donors (Lipinski definition) is 0. The zero-order valence-electron chi connectivity index (χ0n) is 7.36. The average Bonchev–Trinajstić information content (AvgIpc) is 2.54. The van der Waals surface area contributed by atoms with E-state index in [4.69, 9.17) is 0 Å². The number of carbonyl (C=O) groups excluding carboxylic acids is 1. The van der Waals surface area contributed by atoms with Crippen LogP contribution in [0.25, 0.3) is 0 Å². The summed E-state index contributed by atoms with van der Waals surface area (Å²) in [6.07, 6.45) is 5.23. The van der Waals surface area contributed by atoms with E-state index in [1.807, 2.05) is 42.8 Å². The minimum Gasteiger partial charge on any atom is -0.295 e. The maximum Gasteiger partial charge on any atom is 0.159 e. The van der Waals surface area contributed by atoms with Gasteiger partial charge in [0.05, 0.1) is 0 Å². The van der Waals surface area contributed by atoms with Gasteiger partial charge in [-0.25, -0.2) is 0 Å². The van der Waals surface area contributed by atoms with Crippen molar-refractivity contribution in [1.82, 2.24) is 0 Å². The quantitative estimate of drug-likeness (QED) is 0.667. The molecule has 1 nitrogen and oxygen atoms in total. The second-order valence-corrected chi connectivity index (χ2v) is 3.22. The number of ketones is 1. The van der Waals surface area contributed by atoms with E-state index in [1.54, 1.807) is 0 Å². The Morgan fingerprint density at radius 3 is 2.54 bits per heavy atom. The Kier molecular flexibility index (Phi) is 2.26. The number of carbonyl (C=O) groups is 1. The van der Waals surface area contributed by atoms with Gasteiger partial charge in [-0.3, -0.25) is 4.79 Å². The summed E-state index contributed by atoms with van der Waals surface area (Å²) in [6.45, 7) is 0. The van der Waals surface area contributed by atoms with Crippen molar-refractivity contribution in [2.24, 2.45) is 0 Å². The summed E-state index contributed by atoms with van der Waals surface area (Å²) in [7, 11) is 0. The van der Waals surface area contributed by atoms with E-state index in [-0.39, 0.29) is 5.78 Å². The summed E-state index contributed by atoms with van der Waals surface area (Å²) in [4.78, 5) is 11.3. The molecule has 1 aliphatic rings. The molecule has 1 aromatic carbocycles. The lowest BCUT2D eigenvalue weighted by molar-refractivity contribution is -0.114. The predicted molar refractivity (Wildman–Crippen MR) is 52.2 cm³/mol. The van der Waals surface area contributed by atoms with Gasteiger partial charge in [0.25, 0.3) is 0 Å². The molecular weight excluding hydrogens is 160 g/mol. The Hall–Kier alpha value is -1.37. The van der Waals surface area contributed by atoms with Crippen LogP contribution in [0.3, 0.4) is 0 Å². The van der Waals surface area contributed by atoms with Gasteiger partial charge < -0.3 is 0 Å². The molecule has 65 valence electrons. The van der Waals surface area contributed by atoms with Crippen molar-refractivity contribution in [1.29, 1.82) is 0 Å². The largest absolute Gasteiger partial charge is 0.295 e. The van der Waals surface area contributed by atoms with E-state index < -0.39 is 0 Å². The molecular formula is C12H11O. The maximum atomic E-state index is 11.3. The van der Waals surface area contributed by atoms with E-state index in [0.717, 1.165) is 12.0 Å². The van der Waals surface area contributed by atoms with Crippen LogP contribution in [-0.4, -0.2) is 5.78 Å². The molecule has 0 unspecified atom stereocenters. The fraction of sp³-hybridized carbons (Fsp3) is 0.167. The van der Waals surface area contributed by atoms with E-state index in [0.29, 0.717) is 6.42 Å². The van der Waals surface area contributed by atoms with Crippen molar-refractivity contribution in [3.8, 4) is 0 Å². The van der Waals surface area contributed by atoms with Crippen molar-refractivity contribution < 1.29 is 4.79 Å². The van der Waals surface area contributed by atoms with Crippen LogP contribution in [0.5, 0.6) is 0 Å². The molecule has 0 N–H and O–H groups in total. The number of rotatable bonds is 2. The third-order valence-corrected chi connectivity index (χ3v) is 2.22. The third-order valence-electron chi connectivity index (χ3n) is 2.22. The molecule has 0 saturated heterocycles. The van der Waals surface area contributed by atoms with Crippen molar-refractivity contribution in [2.75, 3.05) is 0 Å². The summed E-state index contributed by atoms with van der Waals surface area (Å²) in [5.74, 6) is 0.267. The van der Waals surface area contributed by atoms with Gasteiger partial charge in [-0.15, -0.1) is 0 Å². The first-order chi connectivity index (χ1) is 6.36. The summed E-state index contributed by atoms with van der Waals surface area (Å²) < 4.78 is 0. The molecule has 0 amide bonds. The molecule has 1 heteroatoms. The Morgan fingerprint density at radius 2 is 1.92 bits per heavy atom. The van der Waals surface area contributed by atoms with Crippen LogP contribution in [0.2, 0.25) is 0 Å². The molecule has 0 bridgehead atoms. The van der Waals surface area contributed by atoms with Crippen LogP contribution in [-0.2, 0) is 11.2 Å². The Bertz CT molecular complexity index is 335. The Labute approximate surface area is 78.1 Å². The number of benzene rings is 1. The van der Waals surface area contributed by atoms with Crippen molar-refractivity contribution in [2.45, 2.75) is 12.8 Å². The van der Waals surface area contributed by atoms with E-state index in [9.17, 15) is 4.79 Å². The second kappa shape index (κ2) is 3.56. The minimum absolute atomic E-state index is 0.267. The van der Waals surface area contributed by atoms with Crippen molar-refractivity contribution in [3.63, 3.8) is 0 Å². The van der Waals surface area contributed by atoms with Crippen LogP contribution in [0.15, 0.2) is 42.0 Å². The lowest BCUT2D eigenvalue weighted by Gasteiger charge is -2.00. The van der Waals surface area contributed by atoms with Crippen molar-refractivity contribution >= 4 is 5.78 Å². The molecule has 0 heterocycles. The van der Waals surface area contributed by atoms with Crippen LogP contribution in [0, 0.1) is 6.42 Å². The third kappa shape index (κ3) is 1.86. The zero-order valence-corrected chi connectivity index (χ0v) is 7.36. The van der Waals surface area contributed by atoms with Crippen LogP contribution in [0.1, 0.15) is 12.0 Å². The van der Waals surface area contributed by atoms with E-state index >= 15 is 0 Å². The highest BCUT2D eigenvalue weighted by Gasteiger charge is 2.14. The summed E-state index contributed by atoms with van der Waals surface area (Å²) in [5.41, 5.74) is 2.14. The highest BCUT2D eigenvalue weighted by molar-refractivity contribution is 5.99. The Balaban J connectivity index is 2.11. The fourth-order valence-electron chi connectivity index (χ4n) is 1.51. The topological polar surface area (TPSA) is 17.1 Å². The van der Waals surface area contributed by atoms with Gasteiger partial charge in [0.2, 0.25) is 0 Å². The second-order valence-electron chi connectivity index (χ2n) is 3.22. The molecule has 0 aromatic heterocycles. The van der Waals surface area contributed by atoms with Crippen LogP contribution >= 0.6 is 0 Å². The molecule has 0 aliphatic heterocycles. The van der Waals surface area contributed by atoms with Gasteiger partial charge in [0.15, 0.2) is 5.78 Å². The smallest absolute Gasteiger partial charge is 0.159 e. The monoisotopic (exact) mass is 171 g/mol. The molecule has 2 rings (SSSR count). The normalized spacial score (nSPS) is 16.0. The SMILES string of the molecule is O=C1C[CH]C=C1Cc1ccccc1. The number of allylic oxidation sites excluding steroid dienone is 2. The lowest BCUT2D eigenvalue weighted by atomic mass is 10.0. The van der Waals surface area contributed by atoms with Crippen LogP contribution in [0.4, 0.5) is 0 Å². The lowest BCUT2D eigenvalue weighted by Crippen LogP contribution is -1.98. The standard InChI is InChI=1S/C12H11O/c13-12-8-4-7-11(12)9-10-5-2-1-3-6-10/h1-7H,8-9H2. The molecule has 1 aromatic rings. The van der Waals surface area contributed by atoms with Gasteiger partial charge in [-0.05, 0) is 17.6 Å². The molecule has 1 aliphatic carbocycles. The maximum absolute atomic E-state index is 11.3. The van der Waals surface area contributed by atoms with Crippen LogP contribution < -0.4 is 0 Å². The molecule has 0 spiro atoms. The molecule has 0 fully saturated rings. The first-order valence-electron chi connectivity index (χ1n) is 4.46. The molecule has 0 saturated carbocycles. The summed E-state index contributed by atoms with van der Waals surface area (Å²) in [6, 6.07) is 10.1. The number of hydrogen-bond acceptors (Lipinski definition) is 1. The predicted octanol–water partition coefficient (Wildman–Crippen LogP) is 2.33. The average molecular weight is 171 g/mol. The van der Waals surface area contributed by atoms with E-state index in [2.05, 4.69) is 0 Å². The summed E-state index contributed by atoms with van der Waals surface area (Å²) >= 11 is 0. The first-order valence-corrected chi connectivity index (χ1v) is 4.46. The Morgan fingerprint density at radius 1 is 1.15 bits per heavy atom. The zero-order chi connectivity index (χ0) is 9.10. The van der Waals surface area contributed by atoms with Gasteiger partial charge >= 0.3 is 0 Å². The molecule has 1 radical (unpaired) electrons. The highest BCUT2D eigenvalue weighted by Crippen LogP contribution is 2.17. The van der Waals surface area contributed by atoms with Gasteiger partial charge in [-0.1, -0.05) is 36.4 Å². The van der Waals surface area contributed by atoms with Crippen molar-refractivity contribution in [3.05, 3.63) is 54.0 Å². The van der Waals surface area contributed by atoms with Gasteiger partial charge in [0.1, 0.15) is 0 Å². The first kappa shape index (κ1) is 8.24. The molecule has 13 heavy (non-hydrogen) atoms. The van der Waals surface area contributed by atoms with E-state index in [1.165, 1.54) is 5.56 Å².